The Morgan fingerprint density at radius 3 is 2.75 bits per heavy atom. The minimum absolute atomic E-state index is 0.815. The van der Waals surface area contributed by atoms with Crippen molar-refractivity contribution in [3.63, 3.8) is 0 Å². The van der Waals surface area contributed by atoms with E-state index >= 15 is 0 Å². The quantitative estimate of drug-likeness (QED) is 0.773. The van der Waals surface area contributed by atoms with Gasteiger partial charge < -0.3 is 4.57 Å². The Morgan fingerprint density at radius 2 is 2.06 bits per heavy atom. The number of thioether (sulfide) groups is 1. The highest BCUT2D eigenvalue weighted by atomic mass is 35.5. The lowest BCUT2D eigenvalue weighted by Crippen LogP contribution is -1.98. The maximum absolute atomic E-state index is 6.04. The van der Waals surface area contributed by atoms with Crippen molar-refractivity contribution in [2.75, 3.05) is 5.75 Å². The molecule has 0 aliphatic carbocycles. The number of benzene rings is 1. The van der Waals surface area contributed by atoms with E-state index in [2.05, 4.69) is 36.6 Å². The van der Waals surface area contributed by atoms with Gasteiger partial charge in [-0.25, -0.2) is 0 Å². The lowest BCUT2D eigenvalue weighted by Gasteiger charge is -2.07. The molecule has 3 heteroatoms. The predicted molar refractivity (Wildman–Crippen MR) is 74.5 cm³/mol. The van der Waals surface area contributed by atoms with Crippen LogP contribution < -0.4 is 0 Å². The van der Waals surface area contributed by atoms with E-state index in [9.17, 15) is 0 Å². The SMILES string of the molecule is CCSCc1cc2ccc(Cl)cc2n1CC. The molecule has 0 N–H and O–H groups in total. The fourth-order valence-electron chi connectivity index (χ4n) is 1.98. The highest BCUT2D eigenvalue weighted by Gasteiger charge is 2.07. The normalized spacial score (nSPS) is 11.2. The molecule has 0 bridgehead atoms. The summed E-state index contributed by atoms with van der Waals surface area (Å²) in [5, 5.41) is 2.10. The zero-order valence-corrected chi connectivity index (χ0v) is 11.2. The first-order chi connectivity index (χ1) is 7.76. The van der Waals surface area contributed by atoms with Gasteiger partial charge in [-0.3, -0.25) is 0 Å². The second-order valence-corrected chi connectivity index (χ2v) is 5.43. The van der Waals surface area contributed by atoms with Crippen LogP contribution in [-0.2, 0) is 12.3 Å². The summed E-state index contributed by atoms with van der Waals surface area (Å²) in [5.74, 6) is 2.24. The minimum atomic E-state index is 0.815. The van der Waals surface area contributed by atoms with E-state index < -0.39 is 0 Å². The molecule has 0 fully saturated rings. The van der Waals surface area contributed by atoms with Gasteiger partial charge in [-0.15, -0.1) is 0 Å². The molecule has 16 heavy (non-hydrogen) atoms. The van der Waals surface area contributed by atoms with Gasteiger partial charge in [0.2, 0.25) is 0 Å². The van der Waals surface area contributed by atoms with Gasteiger partial charge in [-0.1, -0.05) is 24.6 Å². The minimum Gasteiger partial charge on any atom is -0.344 e. The predicted octanol–water partition coefficient (Wildman–Crippen LogP) is 4.57. The van der Waals surface area contributed by atoms with Crippen LogP contribution >= 0.6 is 23.4 Å². The Labute approximate surface area is 106 Å². The highest BCUT2D eigenvalue weighted by Crippen LogP contribution is 2.25. The second-order valence-electron chi connectivity index (χ2n) is 3.72. The Hall–Kier alpha value is -0.600. The third-order valence-electron chi connectivity index (χ3n) is 2.72. The topological polar surface area (TPSA) is 4.93 Å². The molecular weight excluding hydrogens is 238 g/mol. The van der Waals surface area contributed by atoms with Crippen LogP contribution in [0.15, 0.2) is 24.3 Å². The zero-order valence-electron chi connectivity index (χ0n) is 9.66. The summed E-state index contributed by atoms with van der Waals surface area (Å²) in [6, 6.07) is 8.39. The molecule has 0 amide bonds. The molecule has 0 saturated carbocycles. The number of fused-ring (bicyclic) bond motifs is 1. The van der Waals surface area contributed by atoms with Gasteiger partial charge in [-0.05, 0) is 36.3 Å². The molecule has 86 valence electrons. The van der Waals surface area contributed by atoms with Gasteiger partial charge in [0.1, 0.15) is 0 Å². The van der Waals surface area contributed by atoms with Crippen LogP contribution in [-0.4, -0.2) is 10.3 Å². The summed E-state index contributed by atoms with van der Waals surface area (Å²) in [6.07, 6.45) is 0. The fourth-order valence-corrected chi connectivity index (χ4v) is 2.80. The Balaban J connectivity index is 2.49. The van der Waals surface area contributed by atoms with Crippen LogP contribution in [0, 0.1) is 0 Å². The first kappa shape index (κ1) is 11.9. The average Bonchev–Trinajstić information content (AvgIpc) is 2.63. The van der Waals surface area contributed by atoms with E-state index in [0.717, 1.165) is 23.1 Å². The number of aromatic nitrogens is 1. The van der Waals surface area contributed by atoms with E-state index in [1.165, 1.54) is 16.6 Å². The zero-order chi connectivity index (χ0) is 11.5. The third-order valence-corrected chi connectivity index (χ3v) is 3.87. The summed E-state index contributed by atoms with van der Waals surface area (Å²) < 4.78 is 2.35. The van der Waals surface area contributed by atoms with Gasteiger partial charge >= 0.3 is 0 Å². The van der Waals surface area contributed by atoms with E-state index in [1.807, 2.05) is 17.8 Å². The molecule has 0 radical (unpaired) electrons. The molecule has 0 atom stereocenters. The molecule has 0 unspecified atom stereocenters. The van der Waals surface area contributed by atoms with Crippen molar-refractivity contribution in [1.82, 2.24) is 4.57 Å². The molecule has 0 saturated heterocycles. The molecule has 1 nitrogen and oxygen atoms in total. The molecule has 1 aromatic heterocycles. The largest absolute Gasteiger partial charge is 0.344 e. The van der Waals surface area contributed by atoms with E-state index in [4.69, 9.17) is 11.6 Å². The van der Waals surface area contributed by atoms with Gasteiger partial charge in [0.15, 0.2) is 0 Å². The Bertz CT molecular complexity index is 490. The van der Waals surface area contributed by atoms with Crippen LogP contribution in [0.3, 0.4) is 0 Å². The number of hydrogen-bond donors (Lipinski definition) is 0. The van der Waals surface area contributed by atoms with Crippen molar-refractivity contribution >= 4 is 34.3 Å². The summed E-state index contributed by atoms with van der Waals surface area (Å²) in [5.41, 5.74) is 2.65. The Kier molecular flexibility index (Phi) is 3.82. The van der Waals surface area contributed by atoms with Crippen LogP contribution in [0.5, 0.6) is 0 Å². The van der Waals surface area contributed by atoms with Crippen molar-refractivity contribution in [2.45, 2.75) is 26.1 Å². The fraction of sp³-hybridized carbons (Fsp3) is 0.385. The molecule has 0 spiro atoms. The van der Waals surface area contributed by atoms with Gasteiger partial charge in [0.25, 0.3) is 0 Å². The van der Waals surface area contributed by atoms with Gasteiger partial charge in [0, 0.05) is 28.5 Å². The van der Waals surface area contributed by atoms with Gasteiger partial charge in [0.05, 0.1) is 0 Å². The highest BCUT2D eigenvalue weighted by molar-refractivity contribution is 7.98. The average molecular weight is 254 g/mol. The molecule has 0 aliphatic heterocycles. The van der Waals surface area contributed by atoms with Crippen molar-refractivity contribution in [3.05, 3.63) is 35.0 Å². The third kappa shape index (κ3) is 2.23. The number of rotatable bonds is 4. The summed E-state index contributed by atoms with van der Waals surface area (Å²) >= 11 is 8.00. The summed E-state index contributed by atoms with van der Waals surface area (Å²) in [4.78, 5) is 0. The number of hydrogen-bond acceptors (Lipinski definition) is 1. The molecule has 1 heterocycles. The van der Waals surface area contributed by atoms with E-state index in [0.29, 0.717) is 0 Å². The van der Waals surface area contributed by atoms with Crippen molar-refractivity contribution in [3.8, 4) is 0 Å². The Morgan fingerprint density at radius 1 is 1.25 bits per heavy atom. The summed E-state index contributed by atoms with van der Waals surface area (Å²) in [7, 11) is 0. The van der Waals surface area contributed by atoms with Crippen molar-refractivity contribution in [1.29, 1.82) is 0 Å². The van der Waals surface area contributed by atoms with Gasteiger partial charge in [-0.2, -0.15) is 11.8 Å². The first-order valence-corrected chi connectivity index (χ1v) is 7.15. The number of aryl methyl sites for hydroxylation is 1. The van der Waals surface area contributed by atoms with Crippen LogP contribution in [0.25, 0.3) is 10.9 Å². The molecule has 1 aromatic carbocycles. The molecule has 0 aliphatic rings. The monoisotopic (exact) mass is 253 g/mol. The molecular formula is C13H16ClNS. The van der Waals surface area contributed by atoms with E-state index in [-0.39, 0.29) is 0 Å². The smallest absolute Gasteiger partial charge is 0.0497 e. The lowest BCUT2D eigenvalue weighted by atomic mass is 10.2. The maximum atomic E-state index is 6.04. The lowest BCUT2D eigenvalue weighted by molar-refractivity contribution is 0.765. The second kappa shape index (κ2) is 5.15. The van der Waals surface area contributed by atoms with Crippen LogP contribution in [0.1, 0.15) is 19.5 Å². The summed E-state index contributed by atoms with van der Waals surface area (Å²) in [6.45, 7) is 5.38. The van der Waals surface area contributed by atoms with Crippen molar-refractivity contribution in [2.24, 2.45) is 0 Å². The van der Waals surface area contributed by atoms with Crippen molar-refractivity contribution < 1.29 is 0 Å². The standard InChI is InChI=1S/C13H16ClNS/c1-3-15-12(9-16-4-2)7-10-5-6-11(14)8-13(10)15/h5-8H,3-4,9H2,1-2H3. The number of halogens is 1. The van der Waals surface area contributed by atoms with E-state index in [1.54, 1.807) is 0 Å². The molecule has 2 aromatic rings. The van der Waals surface area contributed by atoms with Crippen LogP contribution in [0.4, 0.5) is 0 Å². The maximum Gasteiger partial charge on any atom is 0.0497 e. The molecule has 2 rings (SSSR count). The first-order valence-electron chi connectivity index (χ1n) is 5.61. The number of nitrogens with zero attached hydrogens (tertiary/aromatic N) is 1. The van der Waals surface area contributed by atoms with Crippen LogP contribution in [0.2, 0.25) is 5.02 Å².